The number of hydrogen-bond acceptors (Lipinski definition) is 6. The lowest BCUT2D eigenvalue weighted by Gasteiger charge is -2.32. The van der Waals surface area contributed by atoms with Gasteiger partial charge in [0.1, 0.15) is 0 Å². The van der Waals surface area contributed by atoms with Crippen LogP contribution in [0.2, 0.25) is 0 Å². The van der Waals surface area contributed by atoms with E-state index in [1.54, 1.807) is 6.07 Å². The number of methoxy groups -OCH3 is 4. The third-order valence-electron chi connectivity index (χ3n) is 4.79. The summed E-state index contributed by atoms with van der Waals surface area (Å²) in [6, 6.07) is 1.25. The van der Waals surface area contributed by atoms with Gasteiger partial charge in [0.25, 0.3) is 0 Å². The first-order valence-corrected chi connectivity index (χ1v) is 9.49. The van der Waals surface area contributed by atoms with Gasteiger partial charge in [-0.2, -0.15) is 5.26 Å². The molecule has 0 spiro atoms. The molecule has 0 radical (unpaired) electrons. The molecule has 0 N–H and O–H groups in total. The molecule has 2 aromatic carbocycles. The summed E-state index contributed by atoms with van der Waals surface area (Å²) in [7, 11) is -4.36. The zero-order chi connectivity index (χ0) is 43.1. The van der Waals surface area contributed by atoms with Crippen molar-refractivity contribution in [2.24, 2.45) is 5.92 Å². The van der Waals surface area contributed by atoms with E-state index in [0.717, 1.165) is 26.4 Å². The van der Waals surface area contributed by atoms with Gasteiger partial charge in [0.2, 0.25) is 0 Å². The van der Waals surface area contributed by atoms with Crippen molar-refractivity contribution in [3.05, 3.63) is 47.5 Å². The molecule has 180 valence electrons. The van der Waals surface area contributed by atoms with Crippen molar-refractivity contribution in [1.29, 1.82) is 5.26 Å². The lowest BCUT2D eigenvalue weighted by atomic mass is 9.69. The molecule has 0 fully saturated rings. The molecular weight excluding hydrogens is 416 g/mol. The normalized spacial score (nSPS) is 25.4. The second kappa shape index (κ2) is 12.4. The van der Waals surface area contributed by atoms with E-state index in [9.17, 15) is 5.26 Å². The Morgan fingerprint density at radius 3 is 2.55 bits per heavy atom. The van der Waals surface area contributed by atoms with E-state index in [1.807, 2.05) is 0 Å². The molecule has 0 saturated heterocycles. The number of hydrogen-bond donors (Lipinski definition) is 0. The van der Waals surface area contributed by atoms with Gasteiger partial charge < -0.3 is 23.8 Å². The number of nitriles is 1. The maximum Gasteiger partial charge on any atom is 0.161 e. The minimum Gasteiger partial charge on any atom is -0.493 e. The highest BCUT2D eigenvalue weighted by molar-refractivity contribution is 5.47. The molecule has 1 unspecified atom stereocenters. The van der Waals surface area contributed by atoms with Gasteiger partial charge >= 0.3 is 0 Å². The molecule has 33 heavy (non-hydrogen) atoms. The Morgan fingerprint density at radius 1 is 1.09 bits per heavy atom. The summed E-state index contributed by atoms with van der Waals surface area (Å²) in [6.07, 6.45) is -5.30. The van der Waals surface area contributed by atoms with E-state index < -0.39 is 131 Å². The molecule has 0 amide bonds. The lowest BCUT2D eigenvalue weighted by Crippen LogP contribution is -2.32. The van der Waals surface area contributed by atoms with Crippen molar-refractivity contribution in [3.63, 3.8) is 0 Å². The average Bonchev–Trinajstić information content (AvgIpc) is 2.97. The van der Waals surface area contributed by atoms with E-state index in [1.165, 1.54) is 0 Å². The van der Waals surface area contributed by atoms with E-state index in [0.29, 0.717) is 6.07 Å². The van der Waals surface area contributed by atoms with Crippen LogP contribution in [-0.2, 0) is 11.8 Å². The SMILES string of the molecule is [2H]c1c([2H])c(C([2H])([2H])C([2H])([2H])N(CCCC(C#N)(c2ccc(OC([2H])([2H])[2H])c(OC([2H])([2H])[2H])c2)C(C([2H])([2H])[2H])C([2H])([2H])[2H])C([2H])([2H])[2H])c([2H])c(OC)c1OC. The minimum atomic E-state index is -3.70. The highest BCUT2D eigenvalue weighted by atomic mass is 16.5. The van der Waals surface area contributed by atoms with Gasteiger partial charge in [-0.05, 0) is 74.0 Å². The summed E-state index contributed by atoms with van der Waals surface area (Å²) >= 11 is 0. The molecule has 0 saturated carbocycles. The summed E-state index contributed by atoms with van der Waals surface area (Å²) in [4.78, 5) is -0.0164. The molecule has 0 aliphatic rings. The fraction of sp³-hybridized carbons (Fsp3) is 0.519. The van der Waals surface area contributed by atoms with E-state index >= 15 is 0 Å². The van der Waals surface area contributed by atoms with Crippen molar-refractivity contribution in [3.8, 4) is 29.1 Å². The largest absolute Gasteiger partial charge is 0.493 e. The summed E-state index contributed by atoms with van der Waals surface area (Å²) < 4.78 is 198. The molecule has 0 aliphatic heterocycles. The number of likely N-dealkylation sites (N-methyl/N-ethyl adjacent to an activating group) is 1. The highest BCUT2D eigenvalue weighted by Crippen LogP contribution is 2.40. The van der Waals surface area contributed by atoms with Crippen LogP contribution >= 0.6 is 0 Å². The van der Waals surface area contributed by atoms with Crippen LogP contribution in [0.3, 0.4) is 0 Å². The van der Waals surface area contributed by atoms with Crippen LogP contribution in [0.15, 0.2) is 36.3 Å². The Labute approximate surface area is 229 Å². The molecule has 6 heteroatoms. The van der Waals surface area contributed by atoms with Crippen LogP contribution in [0.5, 0.6) is 23.0 Å². The fourth-order valence-corrected chi connectivity index (χ4v) is 3.01. The second-order valence-electron chi connectivity index (χ2n) is 6.69. The van der Waals surface area contributed by atoms with Crippen LogP contribution in [0, 0.1) is 17.2 Å². The fourth-order valence-electron chi connectivity index (χ4n) is 3.01. The average molecular weight is 477 g/mol. The van der Waals surface area contributed by atoms with Gasteiger partial charge in [0.05, 0.1) is 52.1 Å². The van der Waals surface area contributed by atoms with E-state index in [2.05, 4.69) is 0 Å². The molecular formula is C27H38N2O4. The zero-order valence-electron chi connectivity index (χ0n) is 40.0. The molecule has 2 rings (SSSR count). The minimum absolute atomic E-state index is 0.0164. The van der Waals surface area contributed by atoms with Crippen LogP contribution in [0.1, 0.15) is 67.8 Å². The number of nitrogens with zero attached hydrogens (tertiary/aromatic N) is 2. The lowest BCUT2D eigenvalue weighted by molar-refractivity contribution is 0.292. The van der Waals surface area contributed by atoms with Crippen LogP contribution in [0.25, 0.3) is 0 Å². The topological polar surface area (TPSA) is 64.0 Å². The summed E-state index contributed by atoms with van der Waals surface area (Å²) in [5, 5.41) is 10.7. The van der Waals surface area contributed by atoms with E-state index in [-0.39, 0.29) is 4.90 Å². The van der Waals surface area contributed by atoms with Gasteiger partial charge in [0.15, 0.2) is 23.0 Å². The molecule has 0 aliphatic carbocycles. The Bertz CT molecular complexity index is 1710. The first kappa shape index (κ1) is 9.03. The summed E-state index contributed by atoms with van der Waals surface area (Å²) in [6.45, 7) is -15.3. The van der Waals surface area contributed by atoms with Crippen LogP contribution in [-0.4, -0.2) is 53.2 Å². The molecule has 0 bridgehead atoms. The number of benzene rings is 2. The van der Waals surface area contributed by atoms with Crippen molar-refractivity contribution >= 4 is 0 Å². The molecule has 0 heterocycles. The summed E-state index contributed by atoms with van der Waals surface area (Å²) in [5.41, 5.74) is -4.39. The number of rotatable bonds is 13. The molecule has 1 atom stereocenters. The smallest absolute Gasteiger partial charge is 0.161 e. The van der Waals surface area contributed by atoms with Gasteiger partial charge in [-0.3, -0.25) is 0 Å². The first-order chi connectivity index (χ1) is 24.5. The van der Waals surface area contributed by atoms with Gasteiger partial charge in [-0.25, -0.2) is 0 Å². The van der Waals surface area contributed by atoms with Crippen molar-refractivity contribution in [2.45, 2.75) is 38.3 Å². The van der Waals surface area contributed by atoms with Crippen LogP contribution in [0.4, 0.5) is 0 Å². The first-order valence-electron chi connectivity index (χ1n) is 20.5. The van der Waals surface area contributed by atoms with Crippen molar-refractivity contribution in [2.75, 3.05) is 48.3 Å². The Kier molecular flexibility index (Phi) is 3.38. The van der Waals surface area contributed by atoms with E-state index in [4.69, 9.17) is 49.1 Å². The Morgan fingerprint density at radius 2 is 1.88 bits per heavy atom. The standard InChI is InChI=1S/C27H38N2O4/c1-20(2)27(19-28,22-10-12-24(31-5)26(18-22)33-7)14-8-15-29(3)16-13-21-9-11-23(30-4)25(17-21)32-6/h9-12,17-18,20H,8,13-16H2,1-7H3/i1D3,2D3,3D3,5D3,7D3,9D,11D,13D2,16D2,17D. The predicted octanol–water partition coefficient (Wildman–Crippen LogP) is 5.09. The third-order valence-corrected chi connectivity index (χ3v) is 4.79. The molecule has 2 aromatic rings. The molecule has 6 nitrogen and oxygen atoms in total. The van der Waals surface area contributed by atoms with Crippen molar-refractivity contribution < 1.29 is 49.1 Å². The Balaban J connectivity index is 2.88. The molecule has 0 aromatic heterocycles. The van der Waals surface area contributed by atoms with Gasteiger partial charge in [0, 0.05) is 24.3 Å². The number of ether oxygens (including phenoxy) is 4. The second-order valence-corrected chi connectivity index (χ2v) is 6.69. The maximum atomic E-state index is 10.7. The monoisotopic (exact) mass is 476 g/mol. The van der Waals surface area contributed by atoms with Gasteiger partial charge in [-0.15, -0.1) is 0 Å². The highest BCUT2D eigenvalue weighted by Gasteiger charge is 2.36. The quantitative estimate of drug-likeness (QED) is 0.401. The van der Waals surface area contributed by atoms with Crippen molar-refractivity contribution in [1.82, 2.24) is 4.90 Å². The maximum absolute atomic E-state index is 10.7. The summed E-state index contributed by atoms with van der Waals surface area (Å²) in [5.74, 6) is -5.21. The third kappa shape index (κ3) is 6.33. The van der Waals surface area contributed by atoms with Crippen LogP contribution < -0.4 is 18.9 Å². The predicted molar refractivity (Wildman–Crippen MR) is 132 cm³/mol. The zero-order valence-corrected chi connectivity index (χ0v) is 18.0. The van der Waals surface area contributed by atoms with Gasteiger partial charge in [-0.1, -0.05) is 25.8 Å². The Hall–Kier alpha value is -2.91.